The van der Waals surface area contributed by atoms with Gasteiger partial charge in [-0.1, -0.05) is 24.3 Å². The van der Waals surface area contributed by atoms with Crippen LogP contribution in [0, 0.1) is 0 Å². The first-order valence-corrected chi connectivity index (χ1v) is 7.10. The molecule has 0 spiro atoms. The lowest BCUT2D eigenvalue weighted by Gasteiger charge is -2.14. The van der Waals surface area contributed by atoms with E-state index in [0.29, 0.717) is 18.5 Å². The van der Waals surface area contributed by atoms with E-state index < -0.39 is 12.0 Å². The van der Waals surface area contributed by atoms with Crippen molar-refractivity contribution < 1.29 is 18.7 Å². The molecule has 0 unspecified atom stereocenters. The van der Waals surface area contributed by atoms with Gasteiger partial charge in [-0.2, -0.15) is 0 Å². The molecule has 1 aromatic carbocycles. The third-order valence-corrected chi connectivity index (χ3v) is 3.09. The molecule has 1 aromatic heterocycles. The molecule has 5 heteroatoms. The number of carbonyl (C=O) groups is 2. The van der Waals surface area contributed by atoms with Gasteiger partial charge in [0.25, 0.3) is 0 Å². The Labute approximate surface area is 129 Å². The number of furan rings is 1. The maximum absolute atomic E-state index is 11.7. The van der Waals surface area contributed by atoms with Crippen LogP contribution in [0.3, 0.4) is 0 Å². The van der Waals surface area contributed by atoms with Crippen LogP contribution in [0.25, 0.3) is 11.3 Å². The van der Waals surface area contributed by atoms with Crippen LogP contribution in [0.5, 0.6) is 0 Å². The van der Waals surface area contributed by atoms with Crippen molar-refractivity contribution >= 4 is 12.3 Å². The van der Waals surface area contributed by atoms with Gasteiger partial charge in [0.05, 0.1) is 6.10 Å². The van der Waals surface area contributed by atoms with Gasteiger partial charge >= 0.3 is 5.97 Å². The third kappa shape index (κ3) is 4.05. The fourth-order valence-corrected chi connectivity index (χ4v) is 2.03. The summed E-state index contributed by atoms with van der Waals surface area (Å²) in [5.74, 6) is 0.510. The Balaban J connectivity index is 2.02. The molecule has 2 rings (SSSR count). The number of rotatable bonds is 6. The van der Waals surface area contributed by atoms with Crippen molar-refractivity contribution in [3.05, 3.63) is 47.7 Å². The Morgan fingerprint density at radius 1 is 1.23 bits per heavy atom. The summed E-state index contributed by atoms with van der Waals surface area (Å²) in [6, 6.07) is 10.2. The first-order chi connectivity index (χ1) is 10.5. The minimum absolute atomic E-state index is 0.174. The van der Waals surface area contributed by atoms with Crippen molar-refractivity contribution in [2.45, 2.75) is 32.4 Å². The number of carbonyl (C=O) groups excluding carboxylic acids is 2. The predicted octanol–water partition coefficient (Wildman–Crippen LogP) is 2.58. The molecule has 0 radical (unpaired) electrons. The molecule has 2 N–H and O–H groups in total. The molecule has 1 atom stereocenters. The second kappa shape index (κ2) is 7.04. The lowest BCUT2D eigenvalue weighted by molar-refractivity contribution is -0.148. The van der Waals surface area contributed by atoms with Gasteiger partial charge in [-0.15, -0.1) is 0 Å². The summed E-state index contributed by atoms with van der Waals surface area (Å²) in [5.41, 5.74) is 7.62. The van der Waals surface area contributed by atoms with Gasteiger partial charge < -0.3 is 14.9 Å². The van der Waals surface area contributed by atoms with Gasteiger partial charge in [0.2, 0.25) is 0 Å². The van der Waals surface area contributed by atoms with Crippen molar-refractivity contribution in [2.24, 2.45) is 5.73 Å². The third-order valence-electron chi connectivity index (χ3n) is 3.09. The molecule has 22 heavy (non-hydrogen) atoms. The van der Waals surface area contributed by atoms with Crippen LogP contribution in [-0.4, -0.2) is 24.4 Å². The van der Waals surface area contributed by atoms with Crippen LogP contribution in [0.4, 0.5) is 0 Å². The summed E-state index contributed by atoms with van der Waals surface area (Å²) >= 11 is 0. The van der Waals surface area contributed by atoms with E-state index in [9.17, 15) is 9.59 Å². The van der Waals surface area contributed by atoms with Crippen LogP contribution in [0.2, 0.25) is 0 Å². The Morgan fingerprint density at radius 3 is 2.45 bits per heavy atom. The molecule has 1 heterocycles. The molecule has 0 aliphatic carbocycles. The number of hydrogen-bond acceptors (Lipinski definition) is 5. The predicted molar refractivity (Wildman–Crippen MR) is 82.4 cm³/mol. The summed E-state index contributed by atoms with van der Waals surface area (Å²) in [5, 5.41) is 0. The van der Waals surface area contributed by atoms with E-state index in [2.05, 4.69) is 0 Å². The zero-order chi connectivity index (χ0) is 16.1. The highest BCUT2D eigenvalue weighted by molar-refractivity contribution is 5.76. The zero-order valence-electron chi connectivity index (χ0n) is 12.6. The molecule has 5 nitrogen and oxygen atoms in total. The van der Waals surface area contributed by atoms with Gasteiger partial charge in [-0.25, -0.2) is 0 Å². The number of benzene rings is 1. The van der Waals surface area contributed by atoms with Crippen molar-refractivity contribution in [3.63, 3.8) is 0 Å². The van der Waals surface area contributed by atoms with Crippen LogP contribution in [-0.2, 0) is 16.0 Å². The van der Waals surface area contributed by atoms with Crippen LogP contribution < -0.4 is 5.73 Å². The average Bonchev–Trinajstić information content (AvgIpc) is 2.96. The van der Waals surface area contributed by atoms with Crippen molar-refractivity contribution in [3.8, 4) is 11.3 Å². The number of hydrogen-bond donors (Lipinski definition) is 1. The smallest absolute Gasteiger partial charge is 0.323 e. The fraction of sp³-hybridized carbons (Fsp3) is 0.294. The van der Waals surface area contributed by atoms with E-state index in [-0.39, 0.29) is 11.9 Å². The topological polar surface area (TPSA) is 82.5 Å². The SMILES string of the molecule is CC(C)OC(=O)[C@H](N)Cc1ccc(-c2ccc(C=O)o2)cc1. The van der Waals surface area contributed by atoms with E-state index in [1.165, 1.54) is 0 Å². The van der Waals surface area contributed by atoms with E-state index >= 15 is 0 Å². The van der Waals surface area contributed by atoms with Gasteiger partial charge in [-0.05, 0) is 38.0 Å². The largest absolute Gasteiger partial charge is 0.462 e. The van der Waals surface area contributed by atoms with Gasteiger partial charge in [0, 0.05) is 5.56 Å². The number of ether oxygens (including phenoxy) is 1. The van der Waals surface area contributed by atoms with Gasteiger partial charge in [0.1, 0.15) is 11.8 Å². The number of nitrogens with two attached hydrogens (primary N) is 1. The highest BCUT2D eigenvalue weighted by Crippen LogP contribution is 2.22. The molecule has 0 fully saturated rings. The summed E-state index contributed by atoms with van der Waals surface area (Å²) in [6.07, 6.45) is 0.896. The Hall–Kier alpha value is -2.40. The minimum Gasteiger partial charge on any atom is -0.462 e. The van der Waals surface area contributed by atoms with E-state index in [4.69, 9.17) is 14.9 Å². The van der Waals surface area contributed by atoms with E-state index in [1.54, 1.807) is 26.0 Å². The van der Waals surface area contributed by atoms with Gasteiger partial charge in [-0.3, -0.25) is 9.59 Å². The lowest BCUT2D eigenvalue weighted by Crippen LogP contribution is -2.35. The average molecular weight is 301 g/mol. The highest BCUT2D eigenvalue weighted by Gasteiger charge is 2.17. The molecular formula is C17H19NO4. The molecule has 2 aromatic rings. The Kier molecular flexibility index (Phi) is 5.12. The van der Waals surface area contributed by atoms with Crippen molar-refractivity contribution in [2.75, 3.05) is 0 Å². The molecule has 0 saturated carbocycles. The molecule has 0 bridgehead atoms. The molecule has 0 saturated heterocycles. The van der Waals surface area contributed by atoms with E-state index in [0.717, 1.165) is 11.1 Å². The molecular weight excluding hydrogens is 282 g/mol. The molecule has 0 amide bonds. The van der Waals surface area contributed by atoms with Crippen LogP contribution in [0.15, 0.2) is 40.8 Å². The number of esters is 1. The van der Waals surface area contributed by atoms with Crippen molar-refractivity contribution in [1.29, 1.82) is 0 Å². The molecule has 0 aliphatic rings. The maximum Gasteiger partial charge on any atom is 0.323 e. The fourth-order valence-electron chi connectivity index (χ4n) is 2.03. The summed E-state index contributed by atoms with van der Waals surface area (Å²) < 4.78 is 10.4. The standard InChI is InChI=1S/C17H19NO4/c1-11(2)21-17(20)15(18)9-12-3-5-13(6-4-12)16-8-7-14(10-19)22-16/h3-8,10-11,15H,9,18H2,1-2H3/t15-/m1/s1. The number of aldehydes is 1. The monoisotopic (exact) mass is 301 g/mol. The molecule has 0 aliphatic heterocycles. The second-order valence-corrected chi connectivity index (χ2v) is 5.31. The molecule has 116 valence electrons. The van der Waals surface area contributed by atoms with Crippen LogP contribution in [0.1, 0.15) is 30.0 Å². The zero-order valence-corrected chi connectivity index (χ0v) is 12.6. The van der Waals surface area contributed by atoms with Gasteiger partial charge in [0.15, 0.2) is 12.0 Å². The second-order valence-electron chi connectivity index (χ2n) is 5.31. The first-order valence-electron chi connectivity index (χ1n) is 7.10. The highest BCUT2D eigenvalue weighted by atomic mass is 16.5. The first kappa shape index (κ1) is 16.0. The van der Waals surface area contributed by atoms with E-state index in [1.807, 2.05) is 24.3 Å². The Morgan fingerprint density at radius 2 is 1.91 bits per heavy atom. The lowest BCUT2D eigenvalue weighted by atomic mass is 10.0. The van der Waals surface area contributed by atoms with Crippen LogP contribution >= 0.6 is 0 Å². The Bertz CT molecular complexity index is 643. The van der Waals surface area contributed by atoms with Crippen molar-refractivity contribution in [1.82, 2.24) is 0 Å². The summed E-state index contributed by atoms with van der Waals surface area (Å²) in [7, 11) is 0. The maximum atomic E-state index is 11.7. The summed E-state index contributed by atoms with van der Waals surface area (Å²) in [4.78, 5) is 22.3. The quantitative estimate of drug-likeness (QED) is 0.655. The normalized spacial score (nSPS) is 12.2. The minimum atomic E-state index is -0.682. The summed E-state index contributed by atoms with van der Waals surface area (Å²) in [6.45, 7) is 3.58.